The number of benzene rings is 1. The van der Waals surface area contributed by atoms with Crippen LogP contribution in [0.2, 0.25) is 0 Å². The van der Waals surface area contributed by atoms with Gasteiger partial charge in [0.2, 0.25) is 0 Å². The molecule has 21 heavy (non-hydrogen) atoms. The minimum atomic E-state index is -0.855. The van der Waals surface area contributed by atoms with E-state index in [1.54, 1.807) is 4.90 Å². The highest BCUT2D eigenvalue weighted by Crippen LogP contribution is 2.18. The number of carbonyl (C=O) groups excluding carboxylic acids is 1. The lowest BCUT2D eigenvalue weighted by molar-refractivity contribution is -0.385. The lowest BCUT2D eigenvalue weighted by atomic mass is 10.1. The second kappa shape index (κ2) is 6.62. The monoisotopic (exact) mass is 295 g/mol. The van der Waals surface area contributed by atoms with Gasteiger partial charge in [0.1, 0.15) is 5.82 Å². The van der Waals surface area contributed by atoms with E-state index in [1.807, 2.05) is 6.92 Å². The Morgan fingerprint density at radius 2 is 2.33 bits per heavy atom. The lowest BCUT2D eigenvalue weighted by Crippen LogP contribution is -2.41. The number of nitrogens with zero attached hydrogens (tertiary/aromatic N) is 2. The van der Waals surface area contributed by atoms with E-state index in [0.717, 1.165) is 31.5 Å². The molecule has 1 N–H and O–H groups in total. The van der Waals surface area contributed by atoms with Gasteiger partial charge in [0.15, 0.2) is 0 Å². The predicted octanol–water partition coefficient (Wildman–Crippen LogP) is 1.95. The van der Waals surface area contributed by atoms with Crippen molar-refractivity contribution < 1.29 is 14.1 Å². The summed E-state index contributed by atoms with van der Waals surface area (Å²) in [5.41, 5.74) is -0.481. The number of hydrogen-bond acceptors (Lipinski definition) is 4. The van der Waals surface area contributed by atoms with E-state index in [9.17, 15) is 19.3 Å². The molecule has 1 aromatic rings. The molecule has 0 saturated carbocycles. The van der Waals surface area contributed by atoms with Crippen LogP contribution in [0.5, 0.6) is 0 Å². The van der Waals surface area contributed by atoms with Crippen LogP contribution in [-0.2, 0) is 0 Å². The van der Waals surface area contributed by atoms with E-state index in [2.05, 4.69) is 5.32 Å². The molecule has 7 heteroatoms. The van der Waals surface area contributed by atoms with E-state index >= 15 is 0 Å². The van der Waals surface area contributed by atoms with E-state index in [-0.39, 0.29) is 17.3 Å². The third-order valence-corrected chi connectivity index (χ3v) is 3.67. The minimum Gasteiger partial charge on any atom is -0.337 e. The number of hydrogen-bond donors (Lipinski definition) is 1. The van der Waals surface area contributed by atoms with Crippen molar-refractivity contribution in [2.75, 3.05) is 19.6 Å². The number of nitro groups is 1. The Bertz CT molecular complexity index is 544. The summed E-state index contributed by atoms with van der Waals surface area (Å²) in [5.74, 6) is -1.29. The summed E-state index contributed by atoms with van der Waals surface area (Å²) < 4.78 is 13.9. The van der Waals surface area contributed by atoms with Crippen LogP contribution >= 0.6 is 0 Å². The Labute approximate surface area is 122 Å². The molecule has 2 rings (SSSR count). The third-order valence-electron chi connectivity index (χ3n) is 3.67. The summed E-state index contributed by atoms with van der Waals surface area (Å²) in [7, 11) is 0. The normalized spacial score (nSPS) is 17.7. The average molecular weight is 295 g/mol. The molecule has 0 aromatic heterocycles. The zero-order valence-electron chi connectivity index (χ0n) is 11.8. The quantitative estimate of drug-likeness (QED) is 0.665. The smallest absolute Gasteiger partial charge is 0.272 e. The van der Waals surface area contributed by atoms with Crippen LogP contribution in [0.1, 0.15) is 30.1 Å². The minimum absolute atomic E-state index is 0.125. The second-order valence-electron chi connectivity index (χ2n) is 5.06. The number of carbonyl (C=O) groups is 1. The second-order valence-corrected chi connectivity index (χ2v) is 5.06. The van der Waals surface area contributed by atoms with Crippen LogP contribution in [-0.4, -0.2) is 41.4 Å². The summed E-state index contributed by atoms with van der Waals surface area (Å²) in [6.07, 6.45) is 2.06. The summed E-state index contributed by atoms with van der Waals surface area (Å²) in [6, 6.07) is 3.35. The molecule has 6 nitrogen and oxygen atoms in total. The fraction of sp³-hybridized carbons (Fsp3) is 0.500. The van der Waals surface area contributed by atoms with Gasteiger partial charge in [-0.2, -0.15) is 0 Å². The van der Waals surface area contributed by atoms with Crippen LogP contribution in [0.4, 0.5) is 10.1 Å². The molecule has 0 aliphatic carbocycles. The van der Waals surface area contributed by atoms with Crippen molar-refractivity contribution in [1.29, 1.82) is 0 Å². The third kappa shape index (κ3) is 3.55. The standard InChI is InChI=1S/C14H18FN3O3/c1-2-17(9-10-4-3-7-16-10)14(19)12-6-5-11(18(20)21)8-13(12)15/h5-6,8,10,16H,2-4,7,9H2,1H3. The van der Waals surface area contributed by atoms with Gasteiger partial charge >= 0.3 is 0 Å². The van der Waals surface area contributed by atoms with Crippen molar-refractivity contribution in [3.8, 4) is 0 Å². The van der Waals surface area contributed by atoms with Gasteiger partial charge in [-0.3, -0.25) is 14.9 Å². The zero-order valence-corrected chi connectivity index (χ0v) is 11.8. The Hall–Kier alpha value is -2.02. The first-order chi connectivity index (χ1) is 10.0. The molecular weight excluding hydrogens is 277 g/mol. The van der Waals surface area contributed by atoms with Gasteiger partial charge in [-0.1, -0.05) is 0 Å². The SMILES string of the molecule is CCN(CC1CCCN1)C(=O)c1ccc([N+](=O)[O-])cc1F. The van der Waals surface area contributed by atoms with Gasteiger partial charge in [-0.15, -0.1) is 0 Å². The molecule has 1 amide bonds. The Kier molecular flexibility index (Phi) is 4.85. The molecule has 1 atom stereocenters. The van der Waals surface area contributed by atoms with E-state index in [4.69, 9.17) is 0 Å². The lowest BCUT2D eigenvalue weighted by Gasteiger charge is -2.24. The first-order valence-electron chi connectivity index (χ1n) is 6.99. The number of nitro benzene ring substituents is 1. The largest absolute Gasteiger partial charge is 0.337 e. The maximum atomic E-state index is 13.9. The summed E-state index contributed by atoms with van der Waals surface area (Å²) >= 11 is 0. The van der Waals surface area contributed by atoms with Crippen molar-refractivity contribution in [2.45, 2.75) is 25.8 Å². The Morgan fingerprint density at radius 3 is 2.86 bits per heavy atom. The molecule has 0 radical (unpaired) electrons. The molecule has 1 unspecified atom stereocenters. The molecule has 1 fully saturated rings. The summed E-state index contributed by atoms with van der Waals surface area (Å²) in [6.45, 7) is 3.75. The summed E-state index contributed by atoms with van der Waals surface area (Å²) in [5, 5.41) is 13.9. The maximum Gasteiger partial charge on any atom is 0.272 e. The topological polar surface area (TPSA) is 75.5 Å². The highest BCUT2D eigenvalue weighted by molar-refractivity contribution is 5.94. The van der Waals surface area contributed by atoms with Gasteiger partial charge < -0.3 is 10.2 Å². The fourth-order valence-electron chi connectivity index (χ4n) is 2.50. The van der Waals surface area contributed by atoms with Crippen LogP contribution < -0.4 is 5.32 Å². The average Bonchev–Trinajstić information content (AvgIpc) is 2.96. The number of halogens is 1. The van der Waals surface area contributed by atoms with E-state index < -0.39 is 16.6 Å². The molecule has 1 aromatic carbocycles. The van der Waals surface area contributed by atoms with Crippen molar-refractivity contribution in [1.82, 2.24) is 10.2 Å². The van der Waals surface area contributed by atoms with Crippen molar-refractivity contribution in [2.24, 2.45) is 0 Å². The first kappa shape index (κ1) is 15.4. The van der Waals surface area contributed by atoms with Gasteiger partial charge in [-0.25, -0.2) is 4.39 Å². The van der Waals surface area contributed by atoms with Crippen molar-refractivity contribution >= 4 is 11.6 Å². The van der Waals surface area contributed by atoms with Crippen molar-refractivity contribution in [3.63, 3.8) is 0 Å². The number of amides is 1. The van der Waals surface area contributed by atoms with Gasteiger partial charge in [0, 0.05) is 25.2 Å². The fourth-order valence-corrected chi connectivity index (χ4v) is 2.50. The molecule has 1 saturated heterocycles. The number of rotatable bonds is 5. The van der Waals surface area contributed by atoms with Gasteiger partial charge in [0.05, 0.1) is 16.6 Å². The van der Waals surface area contributed by atoms with Gasteiger partial charge in [-0.05, 0) is 32.4 Å². The van der Waals surface area contributed by atoms with Crippen LogP contribution in [0, 0.1) is 15.9 Å². The van der Waals surface area contributed by atoms with Crippen LogP contribution in [0.25, 0.3) is 0 Å². The first-order valence-corrected chi connectivity index (χ1v) is 6.99. The number of likely N-dealkylation sites (N-methyl/N-ethyl adjacent to an activating group) is 1. The molecule has 0 bridgehead atoms. The Morgan fingerprint density at radius 1 is 1.57 bits per heavy atom. The van der Waals surface area contributed by atoms with Gasteiger partial charge in [0.25, 0.3) is 11.6 Å². The zero-order chi connectivity index (χ0) is 15.4. The molecule has 1 heterocycles. The molecular formula is C14H18FN3O3. The summed E-state index contributed by atoms with van der Waals surface area (Å²) in [4.78, 5) is 23.8. The Balaban J connectivity index is 2.14. The van der Waals surface area contributed by atoms with Crippen molar-refractivity contribution in [3.05, 3.63) is 39.7 Å². The molecule has 1 aliphatic heterocycles. The van der Waals surface area contributed by atoms with E-state index in [0.29, 0.717) is 13.1 Å². The highest BCUT2D eigenvalue weighted by atomic mass is 19.1. The predicted molar refractivity (Wildman–Crippen MR) is 75.7 cm³/mol. The number of nitrogens with one attached hydrogen (secondary N) is 1. The van der Waals surface area contributed by atoms with Crippen LogP contribution in [0.3, 0.4) is 0 Å². The highest BCUT2D eigenvalue weighted by Gasteiger charge is 2.24. The number of non-ortho nitro benzene ring substituents is 1. The molecule has 114 valence electrons. The van der Waals surface area contributed by atoms with E-state index in [1.165, 1.54) is 6.07 Å². The molecule has 1 aliphatic rings. The van der Waals surface area contributed by atoms with Crippen LogP contribution in [0.15, 0.2) is 18.2 Å². The maximum absolute atomic E-state index is 13.9. The molecule has 0 spiro atoms.